The van der Waals surface area contributed by atoms with Crippen LogP contribution in [0.3, 0.4) is 0 Å². The molecular weight excluding hydrogens is 462 g/mol. The summed E-state index contributed by atoms with van der Waals surface area (Å²) >= 11 is 1.41. The number of nitrogens with zero attached hydrogens (tertiary/aromatic N) is 5. The summed E-state index contributed by atoms with van der Waals surface area (Å²) in [6, 6.07) is 15.3. The minimum absolute atomic E-state index is 0.0188. The molecule has 184 valence electrons. The largest absolute Gasteiger partial charge is 0.497 e. The number of aromatic nitrogens is 2. The first kappa shape index (κ1) is 24.7. The van der Waals surface area contributed by atoms with Crippen molar-refractivity contribution in [3.63, 3.8) is 0 Å². The van der Waals surface area contributed by atoms with Gasteiger partial charge in [-0.05, 0) is 41.6 Å². The summed E-state index contributed by atoms with van der Waals surface area (Å²) in [6.45, 7) is 7.27. The Balaban J connectivity index is 1.34. The lowest BCUT2D eigenvalue weighted by atomic mass is 10.1. The van der Waals surface area contributed by atoms with E-state index in [1.54, 1.807) is 12.0 Å². The van der Waals surface area contributed by atoms with Gasteiger partial charge < -0.3 is 19.4 Å². The number of methoxy groups -OCH3 is 1. The predicted molar refractivity (Wildman–Crippen MR) is 138 cm³/mol. The molecule has 0 bridgehead atoms. The van der Waals surface area contributed by atoms with E-state index >= 15 is 0 Å². The van der Waals surface area contributed by atoms with Crippen molar-refractivity contribution in [1.82, 2.24) is 20.0 Å². The maximum absolute atomic E-state index is 13.0. The molecular formula is C26H31N5O3S. The second kappa shape index (κ2) is 11.3. The summed E-state index contributed by atoms with van der Waals surface area (Å²) in [4.78, 5) is 32.2. The molecule has 0 aliphatic carbocycles. The zero-order chi connectivity index (χ0) is 24.8. The third kappa shape index (κ3) is 6.16. The van der Waals surface area contributed by atoms with Gasteiger partial charge in [0, 0.05) is 38.3 Å². The molecule has 0 atom stereocenters. The van der Waals surface area contributed by atoms with Crippen molar-refractivity contribution in [2.75, 3.05) is 51.3 Å². The Morgan fingerprint density at radius 1 is 1.06 bits per heavy atom. The van der Waals surface area contributed by atoms with Gasteiger partial charge in [0.05, 0.1) is 17.7 Å². The standard InChI is InChI=1S/C26H31N5O3S/c1-19(2)17-31(26(33)23-8-5-15-35-23)18-25(32)30-13-11-29(12-14-30)24-10-9-22(27-28-24)20-6-4-7-21(16-20)34-3/h4-10,15-16,19H,11-14,17-18H2,1-3H3. The summed E-state index contributed by atoms with van der Waals surface area (Å²) in [5, 5.41) is 10.7. The molecule has 1 aliphatic heterocycles. The number of amides is 2. The van der Waals surface area contributed by atoms with Crippen molar-refractivity contribution in [2.24, 2.45) is 5.92 Å². The summed E-state index contributed by atoms with van der Waals surface area (Å²) in [5.74, 6) is 1.75. The van der Waals surface area contributed by atoms with Gasteiger partial charge in [0.25, 0.3) is 5.91 Å². The number of thiophene rings is 1. The van der Waals surface area contributed by atoms with E-state index < -0.39 is 0 Å². The summed E-state index contributed by atoms with van der Waals surface area (Å²) in [5.41, 5.74) is 1.73. The molecule has 2 aromatic heterocycles. The van der Waals surface area contributed by atoms with E-state index in [9.17, 15) is 9.59 Å². The molecule has 4 rings (SSSR count). The van der Waals surface area contributed by atoms with Crippen molar-refractivity contribution in [2.45, 2.75) is 13.8 Å². The summed E-state index contributed by atoms with van der Waals surface area (Å²) < 4.78 is 5.29. The van der Waals surface area contributed by atoms with Crippen LogP contribution in [0, 0.1) is 5.92 Å². The third-order valence-electron chi connectivity index (χ3n) is 5.90. The average molecular weight is 494 g/mol. The number of ether oxygens (including phenoxy) is 1. The van der Waals surface area contributed by atoms with E-state index in [1.807, 2.05) is 58.8 Å². The monoisotopic (exact) mass is 493 g/mol. The fourth-order valence-corrected chi connectivity index (χ4v) is 4.79. The van der Waals surface area contributed by atoms with Crippen molar-refractivity contribution < 1.29 is 14.3 Å². The van der Waals surface area contributed by atoms with E-state index in [-0.39, 0.29) is 24.3 Å². The first-order valence-electron chi connectivity index (χ1n) is 11.8. The summed E-state index contributed by atoms with van der Waals surface area (Å²) in [6.07, 6.45) is 0. The van der Waals surface area contributed by atoms with Gasteiger partial charge in [-0.2, -0.15) is 0 Å². The highest BCUT2D eigenvalue weighted by Crippen LogP contribution is 2.23. The number of hydrogen-bond donors (Lipinski definition) is 0. The third-order valence-corrected chi connectivity index (χ3v) is 6.76. The number of piperazine rings is 1. The van der Waals surface area contributed by atoms with Crippen LogP contribution in [0.25, 0.3) is 11.3 Å². The zero-order valence-electron chi connectivity index (χ0n) is 20.4. The lowest BCUT2D eigenvalue weighted by molar-refractivity contribution is -0.132. The van der Waals surface area contributed by atoms with E-state index in [0.717, 1.165) is 22.8 Å². The smallest absolute Gasteiger partial charge is 0.264 e. The Hall–Kier alpha value is -3.46. The lowest BCUT2D eigenvalue weighted by Crippen LogP contribution is -2.52. The molecule has 9 heteroatoms. The van der Waals surface area contributed by atoms with Crippen LogP contribution in [-0.4, -0.2) is 78.2 Å². The molecule has 1 aliphatic rings. The Kier molecular flexibility index (Phi) is 7.97. The first-order valence-corrected chi connectivity index (χ1v) is 12.7. The molecule has 2 amide bonds. The van der Waals surface area contributed by atoms with Crippen LogP contribution < -0.4 is 9.64 Å². The van der Waals surface area contributed by atoms with Crippen LogP contribution in [0.1, 0.15) is 23.5 Å². The predicted octanol–water partition coefficient (Wildman–Crippen LogP) is 3.66. The van der Waals surface area contributed by atoms with Gasteiger partial charge in [-0.15, -0.1) is 21.5 Å². The molecule has 0 unspecified atom stereocenters. The number of hydrogen-bond acceptors (Lipinski definition) is 7. The van der Waals surface area contributed by atoms with Crippen molar-refractivity contribution in [3.05, 3.63) is 58.8 Å². The zero-order valence-corrected chi connectivity index (χ0v) is 21.2. The molecule has 1 fully saturated rings. The van der Waals surface area contributed by atoms with Gasteiger partial charge in [-0.1, -0.05) is 32.0 Å². The van der Waals surface area contributed by atoms with Crippen molar-refractivity contribution in [3.8, 4) is 17.0 Å². The molecule has 8 nitrogen and oxygen atoms in total. The maximum Gasteiger partial charge on any atom is 0.264 e. The number of carbonyl (C=O) groups excluding carboxylic acids is 2. The van der Waals surface area contributed by atoms with Gasteiger partial charge in [0.1, 0.15) is 12.3 Å². The van der Waals surface area contributed by atoms with E-state index in [0.29, 0.717) is 37.6 Å². The van der Waals surface area contributed by atoms with Crippen LogP contribution in [0.2, 0.25) is 0 Å². The maximum atomic E-state index is 13.0. The molecule has 3 heterocycles. The quantitative estimate of drug-likeness (QED) is 0.477. The van der Waals surface area contributed by atoms with Crippen molar-refractivity contribution >= 4 is 29.0 Å². The van der Waals surface area contributed by atoms with Crippen LogP contribution in [0.4, 0.5) is 5.82 Å². The Labute approximate surface area is 210 Å². The highest BCUT2D eigenvalue weighted by molar-refractivity contribution is 7.12. The molecule has 0 radical (unpaired) electrons. The van der Waals surface area contributed by atoms with Gasteiger partial charge in [-0.3, -0.25) is 9.59 Å². The fraction of sp³-hybridized carbons (Fsp3) is 0.385. The van der Waals surface area contributed by atoms with Crippen molar-refractivity contribution in [1.29, 1.82) is 0 Å². The van der Waals surface area contributed by atoms with Crippen LogP contribution in [-0.2, 0) is 4.79 Å². The van der Waals surface area contributed by atoms with Gasteiger partial charge >= 0.3 is 0 Å². The topological polar surface area (TPSA) is 78.9 Å². The van der Waals surface area contributed by atoms with Gasteiger partial charge in [0.15, 0.2) is 5.82 Å². The summed E-state index contributed by atoms with van der Waals surface area (Å²) in [7, 11) is 1.64. The Bertz CT molecular complexity index is 1130. The van der Waals surface area contributed by atoms with Gasteiger partial charge in [0.2, 0.25) is 5.91 Å². The number of rotatable bonds is 8. The average Bonchev–Trinajstić information content (AvgIpc) is 3.43. The molecule has 0 saturated carbocycles. The highest BCUT2D eigenvalue weighted by Gasteiger charge is 2.26. The molecule has 1 aromatic carbocycles. The molecule has 1 saturated heterocycles. The number of benzene rings is 1. The fourth-order valence-electron chi connectivity index (χ4n) is 4.09. The minimum atomic E-state index is -0.0768. The number of anilines is 1. The second-order valence-corrected chi connectivity index (χ2v) is 9.88. The van der Waals surface area contributed by atoms with E-state index in [4.69, 9.17) is 4.74 Å². The highest BCUT2D eigenvalue weighted by atomic mass is 32.1. The second-order valence-electron chi connectivity index (χ2n) is 8.93. The van der Waals surface area contributed by atoms with Crippen LogP contribution >= 0.6 is 11.3 Å². The normalized spacial score (nSPS) is 13.7. The Morgan fingerprint density at radius 3 is 2.49 bits per heavy atom. The molecule has 0 N–H and O–H groups in total. The van der Waals surface area contributed by atoms with Gasteiger partial charge in [-0.25, -0.2) is 0 Å². The molecule has 35 heavy (non-hydrogen) atoms. The van der Waals surface area contributed by atoms with E-state index in [2.05, 4.69) is 28.9 Å². The first-order chi connectivity index (χ1) is 16.9. The van der Waals surface area contributed by atoms with E-state index in [1.165, 1.54) is 11.3 Å². The SMILES string of the molecule is COc1cccc(-c2ccc(N3CCN(C(=O)CN(CC(C)C)C(=O)c4cccs4)CC3)nn2)c1. The number of carbonyl (C=O) groups is 2. The van der Waals surface area contributed by atoms with Crippen LogP contribution in [0.15, 0.2) is 53.9 Å². The van der Waals surface area contributed by atoms with Crippen LogP contribution in [0.5, 0.6) is 5.75 Å². The minimum Gasteiger partial charge on any atom is -0.497 e. The molecule has 0 spiro atoms. The molecule has 3 aromatic rings. The Morgan fingerprint density at radius 2 is 1.86 bits per heavy atom. The lowest BCUT2D eigenvalue weighted by Gasteiger charge is -2.36.